The van der Waals surface area contributed by atoms with E-state index in [1.807, 2.05) is 12.2 Å². The first-order chi connectivity index (χ1) is 3.50. The Hall–Kier alpha value is -0.585. The van der Waals surface area contributed by atoms with Gasteiger partial charge in [-0.2, -0.15) is 0 Å². The van der Waals surface area contributed by atoms with Crippen molar-refractivity contribution < 1.29 is 0 Å². The average molecular weight is 89.9 g/mol. The molecule has 0 aromatic heterocycles. The molecule has 0 aromatic rings. The number of rotatable bonds is 0. The Balaban J connectivity index is 2.60. The van der Waals surface area contributed by atoms with Crippen molar-refractivity contribution in [3.63, 3.8) is 0 Å². The molecule has 0 nitrogen and oxygen atoms in total. The molecular weight excluding hydrogens is 82.9 g/mol. The monoisotopic (exact) mass is 90.1 g/mol. The van der Waals surface area contributed by atoms with E-state index >= 15 is 0 Å². The Kier molecular flexibility index (Phi) is 1.67. The van der Waals surface area contributed by atoms with E-state index < -0.39 is 0 Å². The Morgan fingerprint density at radius 3 is 3.14 bits per heavy atom. The first-order valence-electron chi connectivity index (χ1n) is 2.48. The summed E-state index contributed by atoms with van der Waals surface area (Å²) < 4.78 is 0. The van der Waals surface area contributed by atoms with Gasteiger partial charge in [-0.3, -0.25) is 0 Å². The van der Waals surface area contributed by atoms with Crippen molar-refractivity contribution >= 4 is 12.9 Å². The zero-order valence-electron chi connectivity index (χ0n) is 4.17. The fourth-order valence-electron chi connectivity index (χ4n) is 0.521. The fourth-order valence-corrected chi connectivity index (χ4v) is 0.521. The van der Waals surface area contributed by atoms with E-state index in [4.69, 9.17) is 0 Å². The molecule has 1 heterocycles. The molecule has 1 heteroatoms. The van der Waals surface area contributed by atoms with Crippen LogP contribution in [0.25, 0.3) is 0 Å². The molecule has 7 heavy (non-hydrogen) atoms. The van der Waals surface area contributed by atoms with Crippen LogP contribution in [0.2, 0.25) is 6.32 Å². The van der Waals surface area contributed by atoms with Gasteiger partial charge in [0.15, 0.2) is 0 Å². The van der Waals surface area contributed by atoms with Crippen LogP contribution in [0.5, 0.6) is 0 Å². The van der Waals surface area contributed by atoms with Gasteiger partial charge in [-0.1, -0.05) is 0 Å². The predicted octanol–water partition coefficient (Wildman–Crippen LogP) is 1.04. The van der Waals surface area contributed by atoms with Gasteiger partial charge >= 0.3 is 43.5 Å². The first-order valence-corrected chi connectivity index (χ1v) is 2.48. The minimum atomic E-state index is 1.08. The molecule has 1 rings (SSSR count). The van der Waals surface area contributed by atoms with E-state index in [0.29, 0.717) is 0 Å². The van der Waals surface area contributed by atoms with E-state index in [9.17, 15) is 0 Å². The molecule has 0 fully saturated rings. The first kappa shape index (κ1) is 4.57. The van der Waals surface area contributed by atoms with Crippen LogP contribution in [-0.2, 0) is 0 Å². The molecule has 0 aliphatic carbocycles. The second kappa shape index (κ2) is 2.56. The van der Waals surface area contributed by atoms with E-state index in [1.165, 1.54) is 0 Å². The molecule has 0 saturated heterocycles. The van der Waals surface area contributed by atoms with Gasteiger partial charge in [0.05, 0.1) is 0 Å². The molecule has 0 saturated carbocycles. The van der Waals surface area contributed by atoms with E-state index in [-0.39, 0.29) is 0 Å². The number of hydrogen-bond donors (Lipinski definition) is 0. The summed E-state index contributed by atoms with van der Waals surface area (Å²) in [7, 11) is 0. The van der Waals surface area contributed by atoms with Gasteiger partial charge in [-0.05, 0) is 0 Å². The molecule has 0 N–H and O–H groups in total. The van der Waals surface area contributed by atoms with Crippen molar-refractivity contribution in [1.82, 2.24) is 0 Å². The Morgan fingerprint density at radius 2 is 2.14 bits per heavy atom. The quantitative estimate of drug-likeness (QED) is 0.390. The number of allylic oxidation sites excluding steroid dienone is 4. The molecule has 0 amide bonds. The van der Waals surface area contributed by atoms with E-state index in [0.717, 1.165) is 6.32 Å². The summed E-state index contributed by atoms with van der Waals surface area (Å²) in [4.78, 5) is 0. The molecular formula is C6H7B. The molecule has 0 atom stereocenters. The third kappa shape index (κ3) is 1.53. The number of hydrogen-bond acceptors (Lipinski definition) is 0. The zero-order chi connectivity index (χ0) is 4.95. The molecule has 0 aromatic carbocycles. The van der Waals surface area contributed by atoms with Gasteiger partial charge in [0.1, 0.15) is 0 Å². The topological polar surface area (TPSA) is 0 Å². The third-order valence-electron chi connectivity index (χ3n) is 0.878. The third-order valence-corrected chi connectivity index (χ3v) is 0.878. The summed E-state index contributed by atoms with van der Waals surface area (Å²) in [5.74, 6) is 2.06. The second-order valence-electron chi connectivity index (χ2n) is 1.48. The van der Waals surface area contributed by atoms with Crippen molar-refractivity contribution in [2.24, 2.45) is 0 Å². The summed E-state index contributed by atoms with van der Waals surface area (Å²) in [5, 5.41) is 0. The molecule has 1 aliphatic rings. The zero-order valence-corrected chi connectivity index (χ0v) is 4.17. The van der Waals surface area contributed by atoms with Crippen LogP contribution >= 0.6 is 0 Å². The van der Waals surface area contributed by atoms with Crippen LogP contribution in [0.3, 0.4) is 0 Å². The maximum absolute atomic E-state index is 2.12. The molecule has 0 unspecified atom stereocenters. The van der Waals surface area contributed by atoms with Crippen molar-refractivity contribution in [2.45, 2.75) is 6.32 Å². The van der Waals surface area contributed by atoms with Crippen LogP contribution in [0, 0.1) is 0 Å². The minimum absolute atomic E-state index is 1.08. The van der Waals surface area contributed by atoms with Gasteiger partial charge in [0.2, 0.25) is 0 Å². The van der Waals surface area contributed by atoms with Crippen molar-refractivity contribution in [2.75, 3.05) is 0 Å². The van der Waals surface area contributed by atoms with Crippen LogP contribution in [-0.4, -0.2) is 12.9 Å². The van der Waals surface area contributed by atoms with Crippen LogP contribution < -0.4 is 0 Å². The van der Waals surface area contributed by atoms with Crippen LogP contribution in [0.4, 0.5) is 0 Å². The second-order valence-corrected chi connectivity index (χ2v) is 1.48. The average Bonchev–Trinajstić information content (AvgIpc) is 1.90. The molecule has 1 aliphatic heterocycles. The van der Waals surface area contributed by atoms with Crippen molar-refractivity contribution in [3.05, 3.63) is 24.3 Å². The molecule has 0 radical (unpaired) electrons. The standard InChI is InChI=1S/C6H7B/c1-2-4-6-7-5-3-1/h1-5H,6H2. The summed E-state index contributed by atoms with van der Waals surface area (Å²) in [5.41, 5.74) is 0. The van der Waals surface area contributed by atoms with E-state index in [1.54, 1.807) is 0 Å². The molecule has 0 spiro atoms. The van der Waals surface area contributed by atoms with Crippen molar-refractivity contribution in [1.29, 1.82) is 0 Å². The fraction of sp³-hybridized carbons (Fsp3) is 0.167. The maximum atomic E-state index is 2.12. The van der Waals surface area contributed by atoms with Gasteiger partial charge in [-0.25, -0.2) is 0 Å². The Morgan fingerprint density at radius 1 is 1.14 bits per heavy atom. The molecule has 34 valence electrons. The summed E-state index contributed by atoms with van der Waals surface area (Å²) in [6.07, 6.45) is 9.32. The van der Waals surface area contributed by atoms with Gasteiger partial charge < -0.3 is 0 Å². The Bertz CT molecular complexity index is 106. The molecule has 0 bridgehead atoms. The van der Waals surface area contributed by atoms with Crippen molar-refractivity contribution in [3.8, 4) is 0 Å². The summed E-state index contributed by atoms with van der Waals surface area (Å²) in [6.45, 7) is 2.12. The predicted molar refractivity (Wildman–Crippen MR) is 34.9 cm³/mol. The van der Waals surface area contributed by atoms with Gasteiger partial charge in [-0.15, -0.1) is 0 Å². The van der Waals surface area contributed by atoms with Crippen LogP contribution in [0.15, 0.2) is 24.3 Å². The normalized spacial score (nSPS) is 16.0. The Labute approximate surface area is 44.5 Å². The van der Waals surface area contributed by atoms with E-state index in [2.05, 4.69) is 25.0 Å². The van der Waals surface area contributed by atoms with Gasteiger partial charge in [0.25, 0.3) is 0 Å². The summed E-state index contributed by atoms with van der Waals surface area (Å²) in [6, 6.07) is 0. The van der Waals surface area contributed by atoms with Crippen LogP contribution in [0.1, 0.15) is 0 Å². The SMILES string of the molecule is B1=CC=CC=CC1. The van der Waals surface area contributed by atoms with Gasteiger partial charge in [0, 0.05) is 0 Å². The summed E-state index contributed by atoms with van der Waals surface area (Å²) >= 11 is 0.